The van der Waals surface area contributed by atoms with E-state index in [4.69, 9.17) is 14.7 Å². The van der Waals surface area contributed by atoms with Gasteiger partial charge in [-0.1, -0.05) is 15.9 Å². The van der Waals surface area contributed by atoms with Gasteiger partial charge in [-0.15, -0.1) is 0 Å². The summed E-state index contributed by atoms with van der Waals surface area (Å²) in [4.78, 5) is 13.2. The van der Waals surface area contributed by atoms with Gasteiger partial charge in [0.25, 0.3) is 5.91 Å². The zero-order chi connectivity index (χ0) is 16.0. The molecule has 0 aliphatic rings. The second-order valence-corrected chi connectivity index (χ2v) is 5.18. The first kappa shape index (κ1) is 17.1. The quantitative estimate of drug-likeness (QED) is 0.603. The molecule has 0 aliphatic carbocycles. The summed E-state index contributed by atoms with van der Waals surface area (Å²) in [5.74, 6) is 0.792. The first-order valence-corrected chi connectivity index (χ1v) is 7.07. The molecule has 21 heavy (non-hydrogen) atoms. The highest BCUT2D eigenvalue weighted by atomic mass is 79.9. The predicted molar refractivity (Wildman–Crippen MR) is 84.1 cm³/mol. The van der Waals surface area contributed by atoms with Crippen molar-refractivity contribution >= 4 is 27.9 Å². The van der Waals surface area contributed by atoms with E-state index in [-0.39, 0.29) is 11.5 Å². The number of hydrogen-bond donors (Lipinski definition) is 0. The fraction of sp³-hybridized carbons (Fsp3) is 0.333. The molecule has 0 heterocycles. The lowest BCUT2D eigenvalue weighted by atomic mass is 10.1. The van der Waals surface area contributed by atoms with Crippen LogP contribution in [0.25, 0.3) is 6.08 Å². The number of halogens is 1. The van der Waals surface area contributed by atoms with Crippen LogP contribution < -0.4 is 9.47 Å². The van der Waals surface area contributed by atoms with Gasteiger partial charge in [-0.2, -0.15) is 5.26 Å². The van der Waals surface area contributed by atoms with Crippen molar-refractivity contribution in [2.75, 3.05) is 27.8 Å². The smallest absolute Gasteiger partial charge is 0.264 e. The lowest BCUT2D eigenvalue weighted by Crippen LogP contribution is -2.22. The van der Waals surface area contributed by atoms with E-state index in [9.17, 15) is 4.79 Å². The van der Waals surface area contributed by atoms with Crippen molar-refractivity contribution in [3.05, 3.63) is 27.7 Å². The van der Waals surface area contributed by atoms with Gasteiger partial charge >= 0.3 is 0 Å². The van der Waals surface area contributed by atoms with Gasteiger partial charge in [-0.25, -0.2) is 0 Å². The summed E-state index contributed by atoms with van der Waals surface area (Å²) in [6.07, 6.45) is 1.52. The molecule has 112 valence electrons. The maximum absolute atomic E-state index is 11.9. The molecular weight excluding hydrogens is 336 g/mol. The molecule has 0 saturated heterocycles. The monoisotopic (exact) mass is 352 g/mol. The zero-order valence-corrected chi connectivity index (χ0v) is 14.0. The number of likely N-dealkylation sites (N-methyl/N-ethyl adjacent to an activating group) is 1. The van der Waals surface area contributed by atoms with Crippen LogP contribution in [0.5, 0.6) is 11.5 Å². The summed E-state index contributed by atoms with van der Waals surface area (Å²) < 4.78 is 11.4. The van der Waals surface area contributed by atoms with E-state index in [1.54, 1.807) is 33.3 Å². The zero-order valence-electron chi connectivity index (χ0n) is 12.4. The number of nitriles is 1. The molecule has 5 nitrogen and oxygen atoms in total. The Morgan fingerprint density at radius 2 is 2.10 bits per heavy atom. The van der Waals surface area contributed by atoms with Gasteiger partial charge in [0.05, 0.1) is 13.7 Å². The van der Waals surface area contributed by atoms with Gasteiger partial charge in [0.1, 0.15) is 11.6 Å². The minimum Gasteiger partial charge on any atom is -0.493 e. The maximum Gasteiger partial charge on any atom is 0.264 e. The Kier molecular flexibility index (Phi) is 6.25. The van der Waals surface area contributed by atoms with E-state index in [1.807, 2.05) is 13.0 Å². The molecule has 0 spiro atoms. The molecule has 1 aromatic carbocycles. The predicted octanol–water partition coefficient (Wildman–Crippen LogP) is 2.85. The van der Waals surface area contributed by atoms with Crippen molar-refractivity contribution in [1.82, 2.24) is 4.90 Å². The summed E-state index contributed by atoms with van der Waals surface area (Å²) in [7, 11) is 4.75. The number of benzene rings is 1. The number of hydrogen-bond acceptors (Lipinski definition) is 4. The number of carbonyl (C=O) groups excluding carboxylic acids is 1. The van der Waals surface area contributed by atoms with Crippen LogP contribution >= 0.6 is 15.9 Å². The Hall–Kier alpha value is -2.00. The number of rotatable bonds is 5. The van der Waals surface area contributed by atoms with E-state index >= 15 is 0 Å². The van der Waals surface area contributed by atoms with E-state index < -0.39 is 0 Å². The third-order valence-electron chi connectivity index (χ3n) is 2.64. The molecular formula is C15H17BrN2O3. The van der Waals surface area contributed by atoms with Crippen molar-refractivity contribution in [2.45, 2.75) is 6.92 Å². The fourth-order valence-electron chi connectivity index (χ4n) is 1.63. The molecule has 0 aromatic heterocycles. The maximum atomic E-state index is 11.9. The van der Waals surface area contributed by atoms with Crippen LogP contribution in [0.4, 0.5) is 0 Å². The topological polar surface area (TPSA) is 62.6 Å². The number of amides is 1. The first-order valence-electron chi connectivity index (χ1n) is 6.28. The Morgan fingerprint density at radius 1 is 1.43 bits per heavy atom. The van der Waals surface area contributed by atoms with Crippen molar-refractivity contribution < 1.29 is 14.3 Å². The lowest BCUT2D eigenvalue weighted by Gasteiger charge is -2.12. The molecule has 1 rings (SSSR count). The van der Waals surface area contributed by atoms with Crippen molar-refractivity contribution in [2.24, 2.45) is 0 Å². The summed E-state index contributed by atoms with van der Waals surface area (Å²) >= 11 is 3.40. The SMILES string of the molecule is CCOc1cc(/C=C(/C#N)C(=O)N(C)C)c(Br)cc1OC. The van der Waals surface area contributed by atoms with E-state index in [2.05, 4.69) is 15.9 Å². The largest absolute Gasteiger partial charge is 0.493 e. The summed E-state index contributed by atoms with van der Waals surface area (Å²) in [6, 6.07) is 5.39. The molecule has 0 radical (unpaired) electrons. The average Bonchev–Trinajstić information content (AvgIpc) is 2.46. The van der Waals surface area contributed by atoms with Gasteiger partial charge < -0.3 is 14.4 Å². The number of ether oxygens (including phenoxy) is 2. The van der Waals surface area contributed by atoms with E-state index in [0.717, 1.165) is 0 Å². The standard InChI is InChI=1S/C15H17BrN2O3/c1-5-21-14-7-10(12(16)8-13(14)20-4)6-11(9-17)15(19)18(2)3/h6-8H,5H2,1-4H3/b11-6-. The summed E-state index contributed by atoms with van der Waals surface area (Å²) in [5.41, 5.74) is 0.722. The van der Waals surface area contributed by atoms with Crippen LogP contribution in [0.2, 0.25) is 0 Å². The van der Waals surface area contributed by atoms with Crippen molar-refractivity contribution in [3.63, 3.8) is 0 Å². The Labute approximate surface area is 132 Å². The van der Waals surface area contributed by atoms with Crippen LogP contribution in [-0.2, 0) is 4.79 Å². The molecule has 0 saturated carbocycles. The highest BCUT2D eigenvalue weighted by Crippen LogP contribution is 2.34. The van der Waals surface area contributed by atoms with Crippen LogP contribution in [0, 0.1) is 11.3 Å². The summed E-state index contributed by atoms with van der Waals surface area (Å²) in [6.45, 7) is 2.36. The van der Waals surface area contributed by atoms with Crippen molar-refractivity contribution in [3.8, 4) is 17.6 Å². The van der Waals surface area contributed by atoms with Crippen LogP contribution in [-0.4, -0.2) is 38.6 Å². The molecule has 0 fully saturated rings. The van der Waals surface area contributed by atoms with E-state index in [1.165, 1.54) is 11.0 Å². The molecule has 1 aromatic rings. The van der Waals surface area contributed by atoms with Gasteiger partial charge in [0.2, 0.25) is 0 Å². The molecule has 1 amide bonds. The Bertz CT molecular complexity index is 604. The fourth-order valence-corrected chi connectivity index (χ4v) is 2.06. The molecule has 0 N–H and O–H groups in total. The number of methoxy groups -OCH3 is 1. The van der Waals surface area contributed by atoms with Crippen molar-refractivity contribution in [1.29, 1.82) is 5.26 Å². The van der Waals surface area contributed by atoms with Crippen LogP contribution in [0.1, 0.15) is 12.5 Å². The minimum atomic E-state index is -0.349. The normalized spacial score (nSPS) is 10.8. The second kappa shape index (κ2) is 7.70. The van der Waals surface area contributed by atoms with E-state index in [0.29, 0.717) is 28.1 Å². The number of nitrogens with zero attached hydrogens (tertiary/aromatic N) is 2. The van der Waals surface area contributed by atoms with Gasteiger partial charge in [0, 0.05) is 18.6 Å². The molecule has 0 unspecified atom stereocenters. The Balaban J connectivity index is 3.33. The first-order chi connectivity index (χ1) is 9.94. The molecule has 6 heteroatoms. The molecule has 0 atom stereocenters. The third-order valence-corrected chi connectivity index (χ3v) is 3.33. The highest BCUT2D eigenvalue weighted by Gasteiger charge is 2.14. The van der Waals surface area contributed by atoms with Gasteiger partial charge in [0.15, 0.2) is 11.5 Å². The minimum absolute atomic E-state index is 0.0494. The molecule has 0 bridgehead atoms. The Morgan fingerprint density at radius 3 is 2.57 bits per heavy atom. The highest BCUT2D eigenvalue weighted by molar-refractivity contribution is 9.10. The second-order valence-electron chi connectivity index (χ2n) is 4.33. The third kappa shape index (κ3) is 4.23. The van der Waals surface area contributed by atoms with Gasteiger partial charge in [-0.3, -0.25) is 4.79 Å². The average molecular weight is 353 g/mol. The van der Waals surface area contributed by atoms with Crippen LogP contribution in [0.3, 0.4) is 0 Å². The summed E-state index contributed by atoms with van der Waals surface area (Å²) in [5, 5.41) is 9.13. The van der Waals surface area contributed by atoms with Gasteiger partial charge in [-0.05, 0) is 30.7 Å². The lowest BCUT2D eigenvalue weighted by molar-refractivity contribution is -0.124. The van der Waals surface area contributed by atoms with Crippen LogP contribution in [0.15, 0.2) is 22.2 Å². The molecule has 0 aliphatic heterocycles. The number of carbonyl (C=O) groups is 1.